The number of hydrogen-bond acceptors (Lipinski definition) is 4. The third-order valence-electron chi connectivity index (χ3n) is 22.4. The van der Waals surface area contributed by atoms with Gasteiger partial charge in [-0.2, -0.15) is 0 Å². The lowest BCUT2D eigenvalue weighted by atomic mass is 10.0. The van der Waals surface area contributed by atoms with Gasteiger partial charge in [0.2, 0.25) is 0 Å². The van der Waals surface area contributed by atoms with E-state index in [4.69, 9.17) is 19.9 Å². The third-order valence-corrected chi connectivity index (χ3v) is 22.4. The molecule has 10 heteroatoms. The van der Waals surface area contributed by atoms with E-state index in [1.165, 1.54) is 65.2 Å². The molecule has 0 radical (unpaired) electrons. The fourth-order valence-corrected chi connectivity index (χ4v) is 18.6. The quantitative estimate of drug-likeness (QED) is 0.130. The highest BCUT2D eigenvalue weighted by Gasteiger charge is 2.32. The highest BCUT2D eigenvalue weighted by Crippen LogP contribution is 2.53. The van der Waals surface area contributed by atoms with Gasteiger partial charge in [-0.25, -0.2) is 9.97 Å². The Balaban J connectivity index is 0.929. The van der Waals surface area contributed by atoms with Crippen LogP contribution < -0.4 is 0 Å². The number of hydrogen-bond donors (Lipinski definition) is 0. The Hall–Kier alpha value is -13.7. The Morgan fingerprint density at radius 3 is 0.770 bits per heavy atom. The van der Waals surface area contributed by atoms with Crippen molar-refractivity contribution >= 4 is 207 Å². The minimum atomic E-state index is 0.716. The molecule has 0 bridgehead atoms. The lowest BCUT2D eigenvalue weighted by Gasteiger charge is -2.13. The number of nitrogens with zero attached hydrogens (tertiary/aromatic N) is 10. The van der Waals surface area contributed by atoms with E-state index in [-0.39, 0.29) is 0 Å². The predicted octanol–water partition coefficient (Wildman–Crippen LogP) is 22.6. The second-order valence-corrected chi connectivity index (χ2v) is 27.2. The summed E-state index contributed by atoms with van der Waals surface area (Å²) in [5, 5.41) is 20.5. The third kappa shape index (κ3) is 6.23. The van der Waals surface area contributed by atoms with Crippen molar-refractivity contribution in [3.8, 4) is 22.7 Å². The van der Waals surface area contributed by atoms with Crippen LogP contribution in [0.25, 0.3) is 230 Å². The van der Waals surface area contributed by atoms with Crippen molar-refractivity contribution in [3.05, 3.63) is 291 Å². The van der Waals surface area contributed by atoms with E-state index < -0.39 is 0 Å². The molecular weight excluding hydrogens is 1220 g/mol. The highest BCUT2D eigenvalue weighted by molar-refractivity contribution is 6.41. The van der Waals surface area contributed by atoms with Gasteiger partial charge in [-0.05, 0) is 121 Å². The number of benzene rings is 14. The summed E-state index contributed by atoms with van der Waals surface area (Å²) < 4.78 is 15.1. The van der Waals surface area contributed by atoms with Gasteiger partial charge in [-0.1, -0.05) is 158 Å². The summed E-state index contributed by atoms with van der Waals surface area (Å²) in [4.78, 5) is 22.7. The molecule has 0 aliphatic heterocycles. The summed E-state index contributed by atoms with van der Waals surface area (Å²) in [6.07, 6.45) is 3.77. The summed E-state index contributed by atoms with van der Waals surface area (Å²) in [6, 6.07) is 103. The minimum absolute atomic E-state index is 0.716. The van der Waals surface area contributed by atoms with Crippen LogP contribution in [-0.2, 0) is 0 Å². The molecule has 10 nitrogen and oxygen atoms in total. The van der Waals surface area contributed by atoms with Gasteiger partial charge in [0, 0.05) is 132 Å². The zero-order valence-corrected chi connectivity index (χ0v) is 53.2. The van der Waals surface area contributed by atoms with Crippen LogP contribution in [-0.4, -0.2) is 47.0 Å². The number of para-hydroxylation sites is 8. The first-order valence-corrected chi connectivity index (χ1v) is 34.2. The summed E-state index contributed by atoms with van der Waals surface area (Å²) in [6.45, 7) is 0. The molecule has 25 rings (SSSR count). The summed E-state index contributed by atoms with van der Waals surface area (Å²) in [7, 11) is 0. The van der Waals surface area contributed by atoms with Crippen molar-refractivity contribution in [2.24, 2.45) is 0 Å². The molecule has 0 aliphatic carbocycles. The van der Waals surface area contributed by atoms with Crippen LogP contribution in [0.4, 0.5) is 0 Å². The number of aromatic nitrogens is 10. The smallest absolute Gasteiger partial charge is 0.118 e. The van der Waals surface area contributed by atoms with E-state index in [0.717, 1.165) is 154 Å². The molecule has 458 valence electrons. The molecular formula is C90H48N10. The molecule has 0 atom stereocenters. The van der Waals surface area contributed by atoms with E-state index in [9.17, 15) is 0 Å². The molecule has 0 aliphatic rings. The van der Waals surface area contributed by atoms with Crippen molar-refractivity contribution in [2.75, 3.05) is 0 Å². The maximum absolute atomic E-state index is 6.14. The lowest BCUT2D eigenvalue weighted by molar-refractivity contribution is 1.18. The number of fused-ring (bicyclic) bond motifs is 34. The van der Waals surface area contributed by atoms with Crippen LogP contribution in [0.3, 0.4) is 0 Å². The Labute approximate surface area is 565 Å². The average Bonchev–Trinajstić information content (AvgIpc) is 1.48. The van der Waals surface area contributed by atoms with Gasteiger partial charge in [0.05, 0.1) is 88.3 Å². The van der Waals surface area contributed by atoms with Crippen LogP contribution in [0, 0.1) is 0 Å². The van der Waals surface area contributed by atoms with Gasteiger partial charge in [0.25, 0.3) is 0 Å². The maximum Gasteiger partial charge on any atom is 0.118 e. The Bertz CT molecular complexity index is 7360. The highest BCUT2D eigenvalue weighted by atomic mass is 15.0. The minimum Gasteiger partial charge on any atom is -0.309 e. The zero-order chi connectivity index (χ0) is 64.5. The van der Waals surface area contributed by atoms with Gasteiger partial charge < -0.3 is 27.1 Å². The van der Waals surface area contributed by atoms with Gasteiger partial charge >= 0.3 is 0 Å². The van der Waals surface area contributed by atoms with Crippen molar-refractivity contribution in [1.29, 1.82) is 0 Å². The SMILES string of the molecule is c1cnc2c(c1)c1cccnc1c1nc3c(nc21)c1c2cc(-n4c5ccccc5c5ccccc54)cc4c5cc(-n6c7ccccc7c7ccccc76)ccc5n(c42)c1c1c3c2cc(-n3c4ccccc4c4ccccc43)cc3c4cc(-n5c6ccccc6c6ccccc65)ccc4n1c32. The van der Waals surface area contributed by atoms with Gasteiger partial charge in [0.1, 0.15) is 22.1 Å². The fourth-order valence-electron chi connectivity index (χ4n) is 18.6. The average molecular weight is 1270 g/mol. The van der Waals surface area contributed by atoms with Crippen LogP contribution in [0.2, 0.25) is 0 Å². The molecule has 0 N–H and O–H groups in total. The van der Waals surface area contributed by atoms with Gasteiger partial charge in [0.15, 0.2) is 0 Å². The van der Waals surface area contributed by atoms with E-state index >= 15 is 0 Å². The summed E-state index contributed by atoms with van der Waals surface area (Å²) in [5.74, 6) is 0. The first-order valence-electron chi connectivity index (χ1n) is 34.2. The molecule has 0 amide bonds. The van der Waals surface area contributed by atoms with Crippen LogP contribution in [0.15, 0.2) is 291 Å². The second-order valence-electron chi connectivity index (χ2n) is 27.2. The van der Waals surface area contributed by atoms with Crippen molar-refractivity contribution in [3.63, 3.8) is 0 Å². The monoisotopic (exact) mass is 1270 g/mol. The topological polar surface area (TPSA) is 80.1 Å². The van der Waals surface area contributed by atoms with Crippen LogP contribution in [0.5, 0.6) is 0 Å². The molecule has 11 aromatic heterocycles. The second kappa shape index (κ2) is 18.2. The van der Waals surface area contributed by atoms with Crippen molar-refractivity contribution < 1.29 is 0 Å². The molecule has 0 unspecified atom stereocenters. The molecule has 0 saturated carbocycles. The van der Waals surface area contributed by atoms with E-state index in [1.54, 1.807) is 0 Å². The molecule has 14 aromatic carbocycles. The van der Waals surface area contributed by atoms with Crippen LogP contribution in [0.1, 0.15) is 0 Å². The summed E-state index contributed by atoms with van der Waals surface area (Å²) in [5.41, 5.74) is 24.7. The predicted molar refractivity (Wildman–Crippen MR) is 414 cm³/mol. The molecule has 25 aromatic rings. The molecule has 0 saturated heterocycles. The molecule has 100 heavy (non-hydrogen) atoms. The summed E-state index contributed by atoms with van der Waals surface area (Å²) >= 11 is 0. The standard InChI is InChI=1S/C90H48N10/c1-9-29-69-53(19-1)54-20-2-10-30-70(54)95(69)49-37-39-77-63(43-49)65-45-51(97-73-33-13-5-23-57(73)58-24-6-14-34-74(58)97)47-67-79-83-84(94-86-82-62(28-18-42-92-82)61-27-17-41-91-81(61)85(86)93-83)80-68-48-52(98-75-35-15-7-25-59(75)60-26-8-16-36-76(60)98)46-66-64-44-50(96-71-31-11-3-21-55(71)56-22-4-12-32-72(56)96)38-40-78(64)100(88(66)68)90(80)89(79)99(77)87(65)67/h1-48H. The van der Waals surface area contributed by atoms with Crippen molar-refractivity contribution in [1.82, 2.24) is 47.0 Å². The lowest BCUT2D eigenvalue weighted by Crippen LogP contribution is -1.97. The first-order chi connectivity index (χ1) is 49.7. The number of pyridine rings is 2. The maximum atomic E-state index is 6.14. The zero-order valence-electron chi connectivity index (χ0n) is 53.2. The molecule has 0 spiro atoms. The van der Waals surface area contributed by atoms with E-state index in [2.05, 4.69) is 294 Å². The van der Waals surface area contributed by atoms with Crippen LogP contribution >= 0.6 is 0 Å². The largest absolute Gasteiger partial charge is 0.309 e. The first kappa shape index (κ1) is 51.6. The normalized spacial score (nSPS) is 12.8. The van der Waals surface area contributed by atoms with Gasteiger partial charge in [-0.3, -0.25) is 9.97 Å². The Morgan fingerprint density at radius 2 is 0.450 bits per heavy atom. The molecule has 11 heterocycles. The Morgan fingerprint density at radius 1 is 0.180 bits per heavy atom. The van der Waals surface area contributed by atoms with E-state index in [0.29, 0.717) is 11.0 Å². The van der Waals surface area contributed by atoms with Crippen molar-refractivity contribution in [2.45, 2.75) is 0 Å². The molecule has 0 fully saturated rings. The Kier molecular flexibility index (Phi) is 9.41. The van der Waals surface area contributed by atoms with E-state index in [1.807, 2.05) is 24.5 Å². The fraction of sp³-hybridized carbons (Fsp3) is 0. The van der Waals surface area contributed by atoms with Gasteiger partial charge in [-0.15, -0.1) is 0 Å². The number of rotatable bonds is 4.